The lowest BCUT2D eigenvalue weighted by atomic mass is 10.1. The Labute approximate surface area is 144 Å². The molecule has 0 saturated carbocycles. The van der Waals surface area contributed by atoms with Crippen molar-refractivity contribution < 1.29 is 23.8 Å². The molecule has 0 radical (unpaired) electrons. The minimum Gasteiger partial charge on any atom is -0.493 e. The lowest BCUT2D eigenvalue weighted by Gasteiger charge is -2.17. The van der Waals surface area contributed by atoms with Crippen LogP contribution >= 0.6 is 11.3 Å². The predicted molar refractivity (Wildman–Crippen MR) is 90.3 cm³/mol. The van der Waals surface area contributed by atoms with E-state index in [4.69, 9.17) is 9.47 Å². The smallest absolute Gasteiger partial charge is 0.307 e. The molecule has 0 aliphatic carbocycles. The topological polar surface area (TPSA) is 73.9 Å². The van der Waals surface area contributed by atoms with Crippen LogP contribution in [0.5, 0.6) is 11.5 Å². The molecule has 7 heteroatoms. The van der Waals surface area contributed by atoms with Crippen molar-refractivity contribution >= 4 is 23.2 Å². The Morgan fingerprint density at radius 1 is 1.12 bits per heavy atom. The van der Waals surface area contributed by atoms with Crippen molar-refractivity contribution in [3.8, 4) is 11.5 Å². The number of hydrogen-bond donors (Lipinski definition) is 1. The molecule has 1 N–H and O–H groups in total. The molecule has 0 spiro atoms. The van der Waals surface area contributed by atoms with Gasteiger partial charge in [0.15, 0.2) is 18.1 Å². The Morgan fingerprint density at radius 2 is 1.88 bits per heavy atom. The maximum absolute atomic E-state index is 12.2. The average Bonchev–Trinajstić information content (AvgIpc) is 3.14. The molecule has 128 valence electrons. The van der Waals surface area contributed by atoms with Crippen LogP contribution in [-0.4, -0.2) is 32.7 Å². The minimum atomic E-state index is -0.439. The van der Waals surface area contributed by atoms with E-state index in [0.717, 1.165) is 4.88 Å². The van der Waals surface area contributed by atoms with Crippen molar-refractivity contribution in [1.82, 2.24) is 5.32 Å². The van der Waals surface area contributed by atoms with Gasteiger partial charge in [0, 0.05) is 4.88 Å². The number of benzene rings is 1. The van der Waals surface area contributed by atoms with Crippen LogP contribution in [0, 0.1) is 0 Å². The maximum atomic E-state index is 12.2. The van der Waals surface area contributed by atoms with Crippen molar-refractivity contribution in [2.75, 3.05) is 20.8 Å². The van der Waals surface area contributed by atoms with Crippen LogP contribution in [0.4, 0.5) is 0 Å². The van der Waals surface area contributed by atoms with Crippen molar-refractivity contribution in [2.24, 2.45) is 0 Å². The summed E-state index contributed by atoms with van der Waals surface area (Å²) in [6.07, 6.45) is 0.0669. The van der Waals surface area contributed by atoms with E-state index in [1.54, 1.807) is 18.2 Å². The van der Waals surface area contributed by atoms with E-state index < -0.39 is 6.04 Å². The maximum Gasteiger partial charge on any atom is 0.307 e. The second kappa shape index (κ2) is 8.93. The molecule has 24 heavy (non-hydrogen) atoms. The van der Waals surface area contributed by atoms with Crippen LogP contribution in [0.3, 0.4) is 0 Å². The summed E-state index contributed by atoms with van der Waals surface area (Å²) in [6, 6.07) is 10.4. The van der Waals surface area contributed by atoms with Crippen LogP contribution < -0.4 is 14.8 Å². The van der Waals surface area contributed by atoms with E-state index in [9.17, 15) is 9.59 Å². The van der Waals surface area contributed by atoms with Crippen LogP contribution in [-0.2, 0) is 14.3 Å². The van der Waals surface area contributed by atoms with E-state index in [1.807, 2.05) is 23.6 Å². The van der Waals surface area contributed by atoms with E-state index in [2.05, 4.69) is 10.1 Å². The zero-order valence-corrected chi connectivity index (χ0v) is 14.3. The number of methoxy groups -OCH3 is 2. The number of carbonyl (C=O) groups excluding carboxylic acids is 2. The van der Waals surface area contributed by atoms with Crippen LogP contribution in [0.1, 0.15) is 17.3 Å². The Balaban J connectivity index is 1.96. The van der Waals surface area contributed by atoms with Gasteiger partial charge < -0.3 is 19.5 Å². The molecule has 2 rings (SSSR count). The standard InChI is InChI=1S/C17H19NO5S/c1-21-13-6-3-4-7-14(13)23-11-16(19)18-12(10-17(20)22-2)15-8-5-9-24-15/h3-9,12H,10-11H2,1-2H3,(H,18,19). The first-order chi connectivity index (χ1) is 11.6. The Kier molecular flexibility index (Phi) is 6.62. The van der Waals surface area contributed by atoms with Gasteiger partial charge in [0.1, 0.15) is 0 Å². The summed E-state index contributed by atoms with van der Waals surface area (Å²) in [5.74, 6) is 0.313. The third kappa shape index (κ3) is 4.99. The number of thiophene rings is 1. The summed E-state index contributed by atoms with van der Waals surface area (Å²) in [5, 5.41) is 4.68. The molecule has 0 saturated heterocycles. The first kappa shape index (κ1) is 17.8. The van der Waals surface area contributed by atoms with Gasteiger partial charge in [0.2, 0.25) is 0 Å². The number of carbonyl (C=O) groups is 2. The Hall–Kier alpha value is -2.54. The molecular weight excluding hydrogens is 330 g/mol. The number of esters is 1. The van der Waals surface area contributed by atoms with Gasteiger partial charge in [0.05, 0.1) is 26.7 Å². The van der Waals surface area contributed by atoms with E-state index in [1.165, 1.54) is 25.6 Å². The van der Waals surface area contributed by atoms with Crippen LogP contribution in [0.2, 0.25) is 0 Å². The van der Waals surface area contributed by atoms with Crippen LogP contribution in [0.15, 0.2) is 41.8 Å². The monoisotopic (exact) mass is 349 g/mol. The molecule has 0 aliphatic heterocycles. The Morgan fingerprint density at radius 3 is 2.50 bits per heavy atom. The van der Waals surface area contributed by atoms with Crippen molar-refractivity contribution in [2.45, 2.75) is 12.5 Å². The zero-order valence-electron chi connectivity index (χ0n) is 13.5. The fraction of sp³-hybridized carbons (Fsp3) is 0.294. The van der Waals surface area contributed by atoms with E-state index in [0.29, 0.717) is 11.5 Å². The number of nitrogens with one attached hydrogen (secondary N) is 1. The number of para-hydroxylation sites is 2. The summed E-state index contributed by atoms with van der Waals surface area (Å²) in [4.78, 5) is 24.6. The second-order valence-corrected chi connectivity index (χ2v) is 5.83. The number of ether oxygens (including phenoxy) is 3. The highest BCUT2D eigenvalue weighted by atomic mass is 32.1. The normalized spacial score (nSPS) is 11.4. The molecule has 0 aliphatic rings. The molecule has 0 fully saturated rings. The zero-order chi connectivity index (χ0) is 17.4. The second-order valence-electron chi connectivity index (χ2n) is 4.86. The van der Waals surface area contributed by atoms with Gasteiger partial charge in [-0.1, -0.05) is 18.2 Å². The lowest BCUT2D eigenvalue weighted by molar-refractivity contribution is -0.141. The van der Waals surface area contributed by atoms with Crippen molar-refractivity contribution in [1.29, 1.82) is 0 Å². The van der Waals surface area contributed by atoms with Crippen LogP contribution in [0.25, 0.3) is 0 Å². The van der Waals surface area contributed by atoms with Gasteiger partial charge in [-0.3, -0.25) is 9.59 Å². The lowest BCUT2D eigenvalue weighted by Crippen LogP contribution is -2.33. The summed E-state index contributed by atoms with van der Waals surface area (Å²) < 4.78 is 15.3. The molecule has 1 aromatic carbocycles. The van der Waals surface area contributed by atoms with Gasteiger partial charge in [0.25, 0.3) is 5.91 Å². The fourth-order valence-corrected chi connectivity index (χ4v) is 2.86. The van der Waals surface area contributed by atoms with Crippen molar-refractivity contribution in [3.63, 3.8) is 0 Å². The molecule has 6 nitrogen and oxygen atoms in total. The third-order valence-electron chi connectivity index (χ3n) is 3.25. The van der Waals surface area contributed by atoms with Gasteiger partial charge in [-0.05, 0) is 23.6 Å². The summed E-state index contributed by atoms with van der Waals surface area (Å²) in [5.41, 5.74) is 0. The quantitative estimate of drug-likeness (QED) is 0.742. The molecule has 0 bridgehead atoms. The molecular formula is C17H19NO5S. The highest BCUT2D eigenvalue weighted by Gasteiger charge is 2.20. The number of amides is 1. The molecule has 1 unspecified atom stereocenters. The summed E-state index contributed by atoms with van der Waals surface area (Å²) in [6.45, 7) is -0.177. The summed E-state index contributed by atoms with van der Waals surface area (Å²) >= 11 is 1.46. The highest BCUT2D eigenvalue weighted by Crippen LogP contribution is 2.26. The van der Waals surface area contributed by atoms with E-state index in [-0.39, 0.29) is 24.9 Å². The van der Waals surface area contributed by atoms with Gasteiger partial charge in [-0.2, -0.15) is 0 Å². The van der Waals surface area contributed by atoms with Gasteiger partial charge >= 0.3 is 5.97 Å². The number of hydrogen-bond acceptors (Lipinski definition) is 6. The predicted octanol–water partition coefficient (Wildman–Crippen LogP) is 2.56. The highest BCUT2D eigenvalue weighted by molar-refractivity contribution is 7.10. The Bertz CT molecular complexity index is 671. The molecule has 1 amide bonds. The van der Waals surface area contributed by atoms with Gasteiger partial charge in [-0.15, -0.1) is 11.3 Å². The molecule has 1 aromatic heterocycles. The fourth-order valence-electron chi connectivity index (χ4n) is 2.08. The van der Waals surface area contributed by atoms with Gasteiger partial charge in [-0.25, -0.2) is 0 Å². The third-order valence-corrected chi connectivity index (χ3v) is 4.23. The molecule has 2 aromatic rings. The number of rotatable bonds is 8. The van der Waals surface area contributed by atoms with E-state index >= 15 is 0 Å². The average molecular weight is 349 g/mol. The minimum absolute atomic E-state index is 0.0669. The SMILES string of the molecule is COC(=O)CC(NC(=O)COc1ccccc1OC)c1cccs1. The van der Waals surface area contributed by atoms with Crippen molar-refractivity contribution in [3.05, 3.63) is 46.7 Å². The molecule has 1 atom stereocenters. The summed E-state index contributed by atoms with van der Waals surface area (Å²) in [7, 11) is 2.85. The largest absolute Gasteiger partial charge is 0.493 e. The first-order valence-corrected chi connectivity index (χ1v) is 8.17. The molecule has 1 heterocycles. The first-order valence-electron chi connectivity index (χ1n) is 7.29.